The van der Waals surface area contributed by atoms with Crippen LogP contribution >= 0.6 is 0 Å². The summed E-state index contributed by atoms with van der Waals surface area (Å²) in [4.78, 5) is 16.0. The first kappa shape index (κ1) is 14.5. The third kappa shape index (κ3) is 3.80. The normalized spacial score (nSPS) is 20.5. The van der Waals surface area contributed by atoms with Crippen LogP contribution in [0.2, 0.25) is 0 Å². The van der Waals surface area contributed by atoms with E-state index < -0.39 is 0 Å². The van der Waals surface area contributed by atoms with Gasteiger partial charge in [-0.2, -0.15) is 0 Å². The molecule has 1 amide bonds. The Morgan fingerprint density at radius 3 is 2.95 bits per heavy atom. The monoisotopic (exact) mass is 274 g/mol. The zero-order chi connectivity index (χ0) is 14.4. The highest BCUT2D eigenvalue weighted by molar-refractivity contribution is 5.92. The summed E-state index contributed by atoms with van der Waals surface area (Å²) in [5.41, 5.74) is 1.05. The molecular formula is C15H18N2O3. The van der Waals surface area contributed by atoms with Gasteiger partial charge < -0.3 is 15.2 Å². The smallest absolute Gasteiger partial charge is 0.270 e. The molecule has 1 aliphatic rings. The molecule has 20 heavy (non-hydrogen) atoms. The Bertz CT molecular complexity index is 510. The second kappa shape index (κ2) is 7.04. The highest BCUT2D eigenvalue weighted by Gasteiger charge is 2.30. The van der Waals surface area contributed by atoms with E-state index >= 15 is 0 Å². The minimum Gasteiger partial charge on any atom is -0.384 e. The summed E-state index contributed by atoms with van der Waals surface area (Å²) in [7, 11) is 0. The number of aromatic nitrogens is 1. The first-order valence-corrected chi connectivity index (χ1v) is 6.71. The molecule has 0 unspecified atom stereocenters. The van der Waals surface area contributed by atoms with E-state index in [1.807, 2.05) is 6.92 Å². The number of carbonyl (C=O) groups is 1. The first-order chi connectivity index (χ1) is 9.72. The Morgan fingerprint density at radius 2 is 2.35 bits per heavy atom. The number of hydrogen-bond donors (Lipinski definition) is 2. The van der Waals surface area contributed by atoms with Crippen LogP contribution in [0.5, 0.6) is 0 Å². The second-order valence-electron chi connectivity index (χ2n) is 4.61. The molecule has 0 atom stereocenters. The van der Waals surface area contributed by atoms with E-state index in [0.717, 1.165) is 12.8 Å². The Labute approximate surface area is 118 Å². The van der Waals surface area contributed by atoms with Gasteiger partial charge in [-0.1, -0.05) is 11.8 Å². The summed E-state index contributed by atoms with van der Waals surface area (Å²) in [5.74, 6) is 5.09. The number of rotatable bonds is 4. The van der Waals surface area contributed by atoms with Gasteiger partial charge in [0.2, 0.25) is 0 Å². The van der Waals surface area contributed by atoms with Gasteiger partial charge >= 0.3 is 0 Å². The van der Waals surface area contributed by atoms with Gasteiger partial charge in [-0.3, -0.25) is 4.79 Å². The quantitative estimate of drug-likeness (QED) is 0.794. The van der Waals surface area contributed by atoms with Crippen molar-refractivity contribution in [2.45, 2.75) is 31.9 Å². The van der Waals surface area contributed by atoms with Crippen molar-refractivity contribution in [2.24, 2.45) is 0 Å². The van der Waals surface area contributed by atoms with Crippen molar-refractivity contribution in [2.75, 3.05) is 13.2 Å². The van der Waals surface area contributed by atoms with E-state index in [4.69, 9.17) is 9.84 Å². The number of carbonyl (C=O) groups excluding carboxylic acids is 1. The van der Waals surface area contributed by atoms with E-state index in [9.17, 15) is 4.79 Å². The lowest BCUT2D eigenvalue weighted by Gasteiger charge is -2.35. The summed E-state index contributed by atoms with van der Waals surface area (Å²) < 4.78 is 5.45. The average Bonchev–Trinajstić information content (AvgIpc) is 2.43. The van der Waals surface area contributed by atoms with Gasteiger partial charge in [0.25, 0.3) is 5.91 Å². The molecule has 0 spiro atoms. The van der Waals surface area contributed by atoms with Gasteiger partial charge in [-0.05, 0) is 31.9 Å². The molecule has 1 aliphatic carbocycles. The topological polar surface area (TPSA) is 71.5 Å². The maximum Gasteiger partial charge on any atom is 0.270 e. The fraction of sp³-hybridized carbons (Fsp3) is 0.467. The van der Waals surface area contributed by atoms with Gasteiger partial charge in [0.05, 0.1) is 6.10 Å². The molecule has 0 bridgehead atoms. The van der Waals surface area contributed by atoms with E-state index in [1.54, 1.807) is 12.1 Å². The third-order valence-corrected chi connectivity index (χ3v) is 3.14. The number of aliphatic hydroxyl groups excluding tert-OH is 1. The van der Waals surface area contributed by atoms with Gasteiger partial charge in [0, 0.05) is 24.4 Å². The molecule has 106 valence electrons. The van der Waals surface area contributed by atoms with Gasteiger partial charge in [-0.25, -0.2) is 4.98 Å². The van der Waals surface area contributed by atoms with Crippen molar-refractivity contribution in [3.8, 4) is 11.8 Å². The van der Waals surface area contributed by atoms with Crippen molar-refractivity contribution in [1.82, 2.24) is 10.3 Å². The molecule has 2 N–H and O–H groups in total. The SMILES string of the molecule is CCOC1CC(NC(=O)c2ccc(C#CCO)cn2)C1. The lowest BCUT2D eigenvalue weighted by atomic mass is 9.89. The van der Waals surface area contributed by atoms with E-state index in [1.165, 1.54) is 6.20 Å². The second-order valence-corrected chi connectivity index (χ2v) is 4.61. The summed E-state index contributed by atoms with van der Waals surface area (Å²) >= 11 is 0. The number of nitrogens with one attached hydrogen (secondary N) is 1. The van der Waals surface area contributed by atoms with Crippen LogP contribution in [-0.4, -0.2) is 41.4 Å². The van der Waals surface area contributed by atoms with Crippen LogP contribution in [0, 0.1) is 11.8 Å². The van der Waals surface area contributed by atoms with Crippen molar-refractivity contribution in [3.05, 3.63) is 29.6 Å². The van der Waals surface area contributed by atoms with Crippen LogP contribution in [-0.2, 0) is 4.74 Å². The maximum atomic E-state index is 11.9. The Balaban J connectivity index is 1.84. The molecule has 5 nitrogen and oxygen atoms in total. The molecule has 1 saturated carbocycles. The molecular weight excluding hydrogens is 256 g/mol. The Hall–Kier alpha value is -1.90. The third-order valence-electron chi connectivity index (χ3n) is 3.14. The van der Waals surface area contributed by atoms with Crippen LogP contribution in [0.1, 0.15) is 35.8 Å². The van der Waals surface area contributed by atoms with Gasteiger partial charge in [-0.15, -0.1) is 0 Å². The highest BCUT2D eigenvalue weighted by Crippen LogP contribution is 2.23. The zero-order valence-electron chi connectivity index (χ0n) is 11.4. The van der Waals surface area contributed by atoms with E-state index in [-0.39, 0.29) is 24.7 Å². The first-order valence-electron chi connectivity index (χ1n) is 6.71. The average molecular weight is 274 g/mol. The number of aliphatic hydroxyl groups is 1. The molecule has 0 aromatic carbocycles. The van der Waals surface area contributed by atoms with Crippen LogP contribution < -0.4 is 5.32 Å². The van der Waals surface area contributed by atoms with Crippen molar-refractivity contribution in [1.29, 1.82) is 0 Å². The molecule has 0 aliphatic heterocycles. The summed E-state index contributed by atoms with van der Waals surface area (Å²) in [6.45, 7) is 2.49. The summed E-state index contributed by atoms with van der Waals surface area (Å²) in [6, 6.07) is 3.53. The zero-order valence-corrected chi connectivity index (χ0v) is 11.4. The van der Waals surface area contributed by atoms with Crippen molar-refractivity contribution in [3.63, 3.8) is 0 Å². The van der Waals surface area contributed by atoms with Crippen LogP contribution in [0.15, 0.2) is 18.3 Å². The van der Waals surface area contributed by atoms with Crippen LogP contribution in [0.25, 0.3) is 0 Å². The number of nitrogens with zero attached hydrogens (tertiary/aromatic N) is 1. The lowest BCUT2D eigenvalue weighted by Crippen LogP contribution is -2.48. The summed E-state index contributed by atoms with van der Waals surface area (Å²) in [6.07, 6.45) is 3.52. The van der Waals surface area contributed by atoms with Crippen molar-refractivity contribution >= 4 is 5.91 Å². The largest absolute Gasteiger partial charge is 0.384 e. The standard InChI is InChI=1S/C15H18N2O3/c1-2-20-13-8-12(9-13)17-15(19)14-6-5-11(10-16-14)4-3-7-18/h5-6,10,12-13,18H,2,7-9H2,1H3,(H,17,19). The molecule has 0 radical (unpaired) electrons. The molecule has 2 rings (SSSR count). The number of pyridine rings is 1. The predicted octanol–water partition coefficient (Wildman–Crippen LogP) is 0.723. The van der Waals surface area contributed by atoms with E-state index in [0.29, 0.717) is 17.9 Å². The lowest BCUT2D eigenvalue weighted by molar-refractivity contribution is -0.00867. The number of ether oxygens (including phenoxy) is 1. The number of amides is 1. The Kier molecular flexibility index (Phi) is 5.10. The molecule has 1 aromatic rings. The molecule has 0 saturated heterocycles. The summed E-state index contributed by atoms with van der Waals surface area (Å²) in [5, 5.41) is 11.5. The van der Waals surface area contributed by atoms with Crippen LogP contribution in [0.4, 0.5) is 0 Å². The molecule has 1 aromatic heterocycles. The number of hydrogen-bond acceptors (Lipinski definition) is 4. The molecule has 5 heteroatoms. The predicted molar refractivity (Wildman–Crippen MR) is 74.1 cm³/mol. The maximum absolute atomic E-state index is 11.9. The minimum atomic E-state index is -0.190. The van der Waals surface area contributed by atoms with E-state index in [2.05, 4.69) is 22.1 Å². The highest BCUT2D eigenvalue weighted by atomic mass is 16.5. The molecule has 1 heterocycles. The van der Waals surface area contributed by atoms with Crippen molar-refractivity contribution < 1.29 is 14.6 Å². The minimum absolute atomic E-state index is 0.174. The van der Waals surface area contributed by atoms with Gasteiger partial charge in [0.1, 0.15) is 12.3 Å². The fourth-order valence-electron chi connectivity index (χ4n) is 2.06. The van der Waals surface area contributed by atoms with Gasteiger partial charge in [0.15, 0.2) is 0 Å². The Morgan fingerprint density at radius 1 is 1.55 bits per heavy atom. The van der Waals surface area contributed by atoms with Crippen LogP contribution in [0.3, 0.4) is 0 Å². The molecule has 1 fully saturated rings. The fourth-order valence-corrected chi connectivity index (χ4v) is 2.06.